The van der Waals surface area contributed by atoms with Crippen LogP contribution in [0.1, 0.15) is 51.8 Å². The Morgan fingerprint density at radius 3 is 1.85 bits per heavy atom. The maximum absolute atomic E-state index is 13.4. The van der Waals surface area contributed by atoms with Crippen molar-refractivity contribution < 1.29 is 28.2 Å². The number of ether oxygens (including phenoxy) is 4. The summed E-state index contributed by atoms with van der Waals surface area (Å²) in [6.07, 6.45) is -0.320. The molecule has 2 aliphatic heterocycles. The minimum atomic E-state index is -3.07. The van der Waals surface area contributed by atoms with E-state index in [0.717, 1.165) is 21.5 Å². The van der Waals surface area contributed by atoms with E-state index in [9.17, 15) is 4.79 Å². The summed E-state index contributed by atoms with van der Waals surface area (Å²) in [4.78, 5) is 13.4. The van der Waals surface area contributed by atoms with E-state index in [1.807, 2.05) is 86.6 Å². The van der Waals surface area contributed by atoms with Crippen molar-refractivity contribution in [2.24, 2.45) is 0 Å². The molecule has 0 bridgehead atoms. The molecule has 6 nitrogen and oxygen atoms in total. The van der Waals surface area contributed by atoms with E-state index in [1.165, 1.54) is 6.08 Å². The highest BCUT2D eigenvalue weighted by Crippen LogP contribution is 2.47. The average Bonchev–Trinajstić information content (AvgIpc) is 3.53. The lowest BCUT2D eigenvalue weighted by Crippen LogP contribution is -2.67. The van der Waals surface area contributed by atoms with Crippen molar-refractivity contribution in [1.29, 1.82) is 0 Å². The summed E-state index contributed by atoms with van der Waals surface area (Å²) in [5, 5.41) is 1.98. The molecule has 6 rings (SSSR count). The Morgan fingerprint density at radius 1 is 0.783 bits per heavy atom. The molecular formula is C39H42O6Si. The molecule has 2 saturated heterocycles. The van der Waals surface area contributed by atoms with E-state index in [1.54, 1.807) is 6.08 Å². The van der Waals surface area contributed by atoms with Crippen LogP contribution >= 0.6 is 0 Å². The number of carbonyl (C=O) groups excluding carboxylic acids is 1. The van der Waals surface area contributed by atoms with Crippen LogP contribution < -0.4 is 10.4 Å². The number of hydrogen-bond acceptors (Lipinski definition) is 6. The Bertz CT molecular complexity index is 1580. The third-order valence-corrected chi connectivity index (χ3v) is 13.7. The number of hydrogen-bond donors (Lipinski definition) is 0. The third kappa shape index (κ3) is 6.52. The molecule has 0 saturated carbocycles. The van der Waals surface area contributed by atoms with Crippen LogP contribution in [0.5, 0.6) is 0 Å². The van der Waals surface area contributed by atoms with E-state index in [-0.39, 0.29) is 5.04 Å². The van der Waals surface area contributed by atoms with Gasteiger partial charge in [0.15, 0.2) is 24.3 Å². The van der Waals surface area contributed by atoms with Crippen LogP contribution in [0.15, 0.2) is 127 Å². The van der Waals surface area contributed by atoms with E-state index in [4.69, 9.17) is 23.4 Å². The van der Waals surface area contributed by atoms with Crippen molar-refractivity contribution >= 4 is 30.7 Å². The van der Waals surface area contributed by atoms with Gasteiger partial charge in [-0.15, -0.1) is 0 Å². The fourth-order valence-electron chi connectivity index (χ4n) is 6.63. The molecule has 1 unspecified atom stereocenters. The molecule has 0 N–H and O–H groups in total. The van der Waals surface area contributed by atoms with Crippen molar-refractivity contribution in [3.05, 3.63) is 139 Å². The summed E-state index contributed by atoms with van der Waals surface area (Å²) in [6.45, 7) is 10.4. The zero-order chi connectivity index (χ0) is 32.4. The number of benzene rings is 4. The normalized spacial score (nSPS) is 23.2. The molecule has 0 amide bonds. The zero-order valence-corrected chi connectivity index (χ0v) is 28.0. The maximum atomic E-state index is 13.4. The molecule has 0 radical (unpaired) electrons. The quantitative estimate of drug-likeness (QED) is 0.115. The van der Waals surface area contributed by atoms with Gasteiger partial charge in [0, 0.05) is 6.08 Å². The first-order valence-electron chi connectivity index (χ1n) is 15.9. The molecule has 0 aliphatic carbocycles. The number of carbonyl (C=O) groups is 1. The van der Waals surface area contributed by atoms with Crippen LogP contribution in [0.3, 0.4) is 0 Å². The second kappa shape index (κ2) is 13.1. The summed E-state index contributed by atoms with van der Waals surface area (Å²) in [6, 6.07) is 40.7. The lowest BCUT2D eigenvalue weighted by molar-refractivity contribution is -0.228. The molecule has 4 aromatic rings. The monoisotopic (exact) mass is 634 g/mol. The van der Waals surface area contributed by atoms with Crippen LogP contribution in [0.2, 0.25) is 5.04 Å². The molecule has 5 atom stereocenters. The third-order valence-electron chi connectivity index (χ3n) is 8.64. The van der Waals surface area contributed by atoms with Gasteiger partial charge in [0.2, 0.25) is 0 Å². The van der Waals surface area contributed by atoms with Crippen molar-refractivity contribution in [2.75, 3.05) is 0 Å². The summed E-state index contributed by atoms with van der Waals surface area (Å²) < 4.78 is 33.2. The van der Waals surface area contributed by atoms with Gasteiger partial charge in [-0.1, -0.05) is 142 Å². The molecule has 238 valence electrons. The fourth-order valence-corrected chi connectivity index (χ4v) is 11.3. The average molecular weight is 635 g/mol. The van der Waals surface area contributed by atoms with Crippen molar-refractivity contribution in [2.45, 2.75) is 76.1 Å². The lowest BCUT2D eigenvalue weighted by atomic mass is 9.99. The molecule has 2 aliphatic rings. The smallest absolute Gasteiger partial charge is 0.331 e. The minimum absolute atomic E-state index is 0.295. The summed E-state index contributed by atoms with van der Waals surface area (Å²) in [5.41, 5.74) is 1.82. The van der Waals surface area contributed by atoms with Gasteiger partial charge in [0.25, 0.3) is 8.32 Å². The molecule has 2 fully saturated rings. The van der Waals surface area contributed by atoms with E-state index < -0.39 is 50.8 Å². The van der Waals surface area contributed by atoms with Crippen molar-refractivity contribution in [1.82, 2.24) is 0 Å². The molecule has 4 aromatic carbocycles. The van der Waals surface area contributed by atoms with Gasteiger partial charge in [-0.3, -0.25) is 0 Å². The van der Waals surface area contributed by atoms with E-state index in [0.29, 0.717) is 0 Å². The lowest BCUT2D eigenvalue weighted by Gasteiger charge is -2.46. The van der Waals surface area contributed by atoms with E-state index in [2.05, 4.69) is 69.3 Å². The second-order valence-electron chi connectivity index (χ2n) is 13.3. The minimum Gasteiger partial charge on any atom is -0.453 e. The Balaban J connectivity index is 1.45. The summed E-state index contributed by atoms with van der Waals surface area (Å²) in [5.74, 6) is -1.39. The van der Waals surface area contributed by atoms with Gasteiger partial charge in [-0.25, -0.2) is 4.79 Å². The Kier molecular flexibility index (Phi) is 9.14. The fraction of sp³-hybridized carbons (Fsp3) is 0.308. The van der Waals surface area contributed by atoms with Gasteiger partial charge in [-0.2, -0.15) is 0 Å². The van der Waals surface area contributed by atoms with Gasteiger partial charge < -0.3 is 23.4 Å². The summed E-state index contributed by atoms with van der Waals surface area (Å²) in [7, 11) is -3.07. The van der Waals surface area contributed by atoms with Crippen LogP contribution in [0, 0.1) is 0 Å². The van der Waals surface area contributed by atoms with Gasteiger partial charge in [-0.05, 0) is 46.5 Å². The first-order valence-corrected chi connectivity index (χ1v) is 17.8. The highest BCUT2D eigenvalue weighted by molar-refractivity contribution is 6.99. The Hall–Kier alpha value is -3.85. The maximum Gasteiger partial charge on any atom is 0.331 e. The first-order chi connectivity index (χ1) is 22.1. The van der Waals surface area contributed by atoms with Crippen LogP contribution in [0.25, 0.3) is 6.08 Å². The zero-order valence-electron chi connectivity index (χ0n) is 27.0. The molecule has 0 spiro atoms. The Labute approximate surface area is 273 Å². The predicted molar refractivity (Wildman–Crippen MR) is 182 cm³/mol. The van der Waals surface area contributed by atoms with Crippen LogP contribution in [0.4, 0.5) is 0 Å². The largest absolute Gasteiger partial charge is 0.453 e. The molecule has 7 heteroatoms. The first kappa shape index (κ1) is 32.1. The highest BCUT2D eigenvalue weighted by Gasteiger charge is 2.61. The van der Waals surface area contributed by atoms with E-state index >= 15 is 0 Å². The highest BCUT2D eigenvalue weighted by atomic mass is 28.4. The van der Waals surface area contributed by atoms with Crippen LogP contribution in [-0.2, 0) is 28.2 Å². The number of esters is 1. The van der Waals surface area contributed by atoms with Crippen molar-refractivity contribution in [3.63, 3.8) is 0 Å². The number of fused-ring (bicyclic) bond motifs is 1. The molecule has 0 aromatic heterocycles. The molecule has 2 heterocycles. The predicted octanol–water partition coefficient (Wildman–Crippen LogP) is 6.81. The number of rotatable bonds is 9. The second-order valence-corrected chi connectivity index (χ2v) is 17.6. The summed E-state index contributed by atoms with van der Waals surface area (Å²) >= 11 is 0. The molecular weight excluding hydrogens is 593 g/mol. The molecule has 46 heavy (non-hydrogen) atoms. The van der Waals surface area contributed by atoms with Crippen LogP contribution in [-0.4, -0.2) is 44.7 Å². The SMILES string of the molecule is CC1(C)OC2O[C@H]([C@H](O[Si](c3ccccc3)(c3ccccc3)C(C)(C)C)c3ccccc3)[C@H](OC(=O)/C=C/c3ccccc3)[C@H]2O1. The Morgan fingerprint density at radius 2 is 1.30 bits per heavy atom. The van der Waals surface area contributed by atoms with Gasteiger partial charge >= 0.3 is 5.97 Å². The topological polar surface area (TPSA) is 63.2 Å². The van der Waals surface area contributed by atoms with Gasteiger partial charge in [0.1, 0.15) is 12.2 Å². The van der Waals surface area contributed by atoms with Crippen molar-refractivity contribution in [3.8, 4) is 0 Å². The van der Waals surface area contributed by atoms with Gasteiger partial charge in [0.05, 0.1) is 0 Å². The standard InChI is InChI=1S/C39H42O6Si/c1-38(2,3)46(30-22-14-8-15-23-30,31-24-16-9-17-25-31)45-33(29-20-12-7-13-21-29)34-35(36-37(42-34)44-39(4,5)43-36)41-32(40)27-26-28-18-10-6-11-19-28/h6-27,33-37H,1-5H3/b27-26+/t33-,34-,35+,36-,37?/m1/s1.